The number of hydrogen-bond acceptors (Lipinski definition) is 6. The van der Waals surface area contributed by atoms with Crippen molar-refractivity contribution >= 4 is 18.0 Å². The van der Waals surface area contributed by atoms with Crippen LogP contribution in [0.2, 0.25) is 0 Å². The Labute approximate surface area is 173 Å². The smallest absolute Gasteiger partial charge is 0.410 e. The summed E-state index contributed by atoms with van der Waals surface area (Å²) in [5.41, 5.74) is -1.17. The molecular weight excluding hydrogens is 374 g/mol. The summed E-state index contributed by atoms with van der Waals surface area (Å²) < 4.78 is 10.3. The fraction of sp³-hybridized carbons (Fsp3) is 0.857. The van der Waals surface area contributed by atoms with Gasteiger partial charge in [-0.05, 0) is 46.5 Å². The third-order valence-corrected chi connectivity index (χ3v) is 6.36. The second-order valence-corrected chi connectivity index (χ2v) is 9.48. The zero-order chi connectivity index (χ0) is 21.2. The van der Waals surface area contributed by atoms with Crippen molar-refractivity contribution in [3.8, 4) is 0 Å². The van der Waals surface area contributed by atoms with Gasteiger partial charge in [0.1, 0.15) is 17.7 Å². The Hall–Kier alpha value is -1.83. The molecule has 8 nitrogen and oxygen atoms in total. The average molecular weight is 410 g/mol. The molecule has 0 unspecified atom stereocenters. The highest BCUT2D eigenvalue weighted by Gasteiger charge is 2.56. The van der Waals surface area contributed by atoms with Crippen LogP contribution >= 0.6 is 0 Å². The number of likely N-dealkylation sites (tertiary alicyclic amines) is 1. The first kappa shape index (κ1) is 21.9. The topological polar surface area (TPSA) is 79.4 Å². The lowest BCUT2D eigenvalue weighted by atomic mass is 9.82. The number of piperidine rings is 1. The molecule has 0 aromatic rings. The van der Waals surface area contributed by atoms with Crippen LogP contribution in [0.25, 0.3) is 0 Å². The number of methoxy groups -OCH3 is 1. The van der Waals surface area contributed by atoms with Gasteiger partial charge in [0.25, 0.3) is 0 Å². The van der Waals surface area contributed by atoms with Gasteiger partial charge in [0.05, 0.1) is 13.8 Å². The zero-order valence-corrected chi connectivity index (χ0v) is 18.2. The Morgan fingerprint density at radius 3 is 2.28 bits per heavy atom. The minimum atomic E-state index is -0.630. The molecule has 1 saturated carbocycles. The van der Waals surface area contributed by atoms with Crippen LogP contribution in [0.1, 0.15) is 65.7 Å². The number of carbonyl (C=O) groups is 3. The predicted molar refractivity (Wildman–Crippen MR) is 107 cm³/mol. The van der Waals surface area contributed by atoms with Gasteiger partial charge in [-0.2, -0.15) is 0 Å². The van der Waals surface area contributed by atoms with E-state index in [9.17, 15) is 14.4 Å². The molecule has 0 atom stereocenters. The lowest BCUT2D eigenvalue weighted by Crippen LogP contribution is -2.59. The number of amides is 2. The first-order chi connectivity index (χ1) is 13.7. The van der Waals surface area contributed by atoms with Crippen molar-refractivity contribution in [2.45, 2.75) is 82.9 Å². The minimum absolute atomic E-state index is 0.00249. The molecule has 164 valence electrons. The summed E-state index contributed by atoms with van der Waals surface area (Å²) in [6.45, 7) is 6.97. The number of carbonyl (C=O) groups excluding carboxylic acids is 3. The maximum absolute atomic E-state index is 13.4. The molecule has 0 N–H and O–H groups in total. The van der Waals surface area contributed by atoms with E-state index in [0.29, 0.717) is 38.6 Å². The SMILES string of the molecule is COC(=O)CN1CN(C2CCCCC2)C2(CCN(C(=O)OC(C)(C)C)CC2)C1=O. The van der Waals surface area contributed by atoms with Gasteiger partial charge in [-0.1, -0.05) is 19.3 Å². The quantitative estimate of drug-likeness (QED) is 0.666. The van der Waals surface area contributed by atoms with E-state index >= 15 is 0 Å². The van der Waals surface area contributed by atoms with Gasteiger partial charge in [0.2, 0.25) is 5.91 Å². The Balaban J connectivity index is 1.75. The molecule has 3 aliphatic rings. The second kappa shape index (κ2) is 8.50. The highest BCUT2D eigenvalue weighted by molar-refractivity contribution is 5.91. The van der Waals surface area contributed by atoms with E-state index in [-0.39, 0.29) is 18.5 Å². The Morgan fingerprint density at radius 1 is 1.10 bits per heavy atom. The maximum atomic E-state index is 13.4. The van der Waals surface area contributed by atoms with E-state index in [2.05, 4.69) is 4.90 Å². The lowest BCUT2D eigenvalue weighted by molar-refractivity contribution is -0.147. The van der Waals surface area contributed by atoms with E-state index in [1.165, 1.54) is 26.4 Å². The molecule has 3 fully saturated rings. The Bertz CT molecular complexity index is 631. The Kier molecular flexibility index (Phi) is 6.41. The fourth-order valence-corrected chi connectivity index (χ4v) is 4.89. The monoisotopic (exact) mass is 409 g/mol. The summed E-state index contributed by atoms with van der Waals surface area (Å²) in [5.74, 6) is -0.400. The van der Waals surface area contributed by atoms with Crippen LogP contribution in [0.4, 0.5) is 4.79 Å². The molecule has 0 bridgehead atoms. The van der Waals surface area contributed by atoms with Crippen molar-refractivity contribution in [2.24, 2.45) is 0 Å². The van der Waals surface area contributed by atoms with Crippen LogP contribution in [-0.4, -0.2) is 83.3 Å². The van der Waals surface area contributed by atoms with E-state index in [4.69, 9.17) is 9.47 Å². The van der Waals surface area contributed by atoms with Crippen molar-refractivity contribution in [2.75, 3.05) is 33.4 Å². The average Bonchev–Trinajstić information content (AvgIpc) is 2.94. The lowest BCUT2D eigenvalue weighted by Gasteiger charge is -2.46. The summed E-state index contributed by atoms with van der Waals surface area (Å²) in [4.78, 5) is 43.4. The highest BCUT2D eigenvalue weighted by Crippen LogP contribution is 2.40. The normalized spacial score (nSPS) is 23.5. The molecule has 2 aliphatic heterocycles. The van der Waals surface area contributed by atoms with E-state index in [0.717, 1.165) is 12.8 Å². The zero-order valence-electron chi connectivity index (χ0n) is 18.2. The van der Waals surface area contributed by atoms with Gasteiger partial charge < -0.3 is 19.3 Å². The highest BCUT2D eigenvalue weighted by atomic mass is 16.6. The summed E-state index contributed by atoms with van der Waals surface area (Å²) >= 11 is 0. The van der Waals surface area contributed by atoms with E-state index in [1.54, 1.807) is 9.80 Å². The molecule has 29 heavy (non-hydrogen) atoms. The van der Waals surface area contributed by atoms with Crippen LogP contribution in [0.3, 0.4) is 0 Å². The molecule has 0 aromatic carbocycles. The summed E-state index contributed by atoms with van der Waals surface area (Å²) in [7, 11) is 1.34. The number of hydrogen-bond donors (Lipinski definition) is 0. The van der Waals surface area contributed by atoms with Gasteiger partial charge in [-0.3, -0.25) is 14.5 Å². The molecule has 1 aliphatic carbocycles. The maximum Gasteiger partial charge on any atom is 0.410 e. The number of rotatable bonds is 3. The number of ether oxygens (including phenoxy) is 2. The van der Waals surface area contributed by atoms with Gasteiger partial charge in [0.15, 0.2) is 0 Å². The first-order valence-corrected chi connectivity index (χ1v) is 10.8. The molecule has 1 spiro atoms. The molecular formula is C21H35N3O5. The van der Waals surface area contributed by atoms with Crippen LogP contribution in [-0.2, 0) is 19.1 Å². The summed E-state index contributed by atoms with van der Waals surface area (Å²) in [6, 6.07) is 0.350. The Morgan fingerprint density at radius 2 is 1.72 bits per heavy atom. The minimum Gasteiger partial charge on any atom is -0.468 e. The van der Waals surface area contributed by atoms with Crippen LogP contribution in [0, 0.1) is 0 Å². The number of nitrogens with zero attached hydrogens (tertiary/aromatic N) is 3. The largest absolute Gasteiger partial charge is 0.468 e. The van der Waals surface area contributed by atoms with Gasteiger partial charge >= 0.3 is 12.1 Å². The van der Waals surface area contributed by atoms with Gasteiger partial charge in [-0.15, -0.1) is 0 Å². The van der Waals surface area contributed by atoms with Crippen molar-refractivity contribution in [1.82, 2.24) is 14.7 Å². The molecule has 2 saturated heterocycles. The fourth-order valence-electron chi connectivity index (χ4n) is 4.89. The molecule has 0 radical (unpaired) electrons. The molecule has 3 rings (SSSR count). The summed E-state index contributed by atoms with van der Waals surface area (Å²) in [6.07, 6.45) is 6.56. The number of esters is 1. The molecule has 8 heteroatoms. The standard InChI is InChI=1S/C21H35N3O5/c1-20(2,3)29-19(27)22-12-10-21(11-13-22)18(26)23(14-17(25)28-4)15-24(21)16-8-6-5-7-9-16/h16H,5-15H2,1-4H3. The van der Waals surface area contributed by atoms with E-state index in [1.807, 2.05) is 20.8 Å². The van der Waals surface area contributed by atoms with Gasteiger partial charge in [-0.25, -0.2) is 4.79 Å². The van der Waals surface area contributed by atoms with Crippen LogP contribution in [0.5, 0.6) is 0 Å². The predicted octanol–water partition coefficient (Wildman–Crippen LogP) is 2.36. The molecule has 2 amide bonds. The third kappa shape index (κ3) is 4.68. The molecule has 2 heterocycles. The third-order valence-electron chi connectivity index (χ3n) is 6.36. The van der Waals surface area contributed by atoms with Crippen molar-refractivity contribution in [1.29, 1.82) is 0 Å². The van der Waals surface area contributed by atoms with E-state index < -0.39 is 17.1 Å². The van der Waals surface area contributed by atoms with Crippen LogP contribution in [0.15, 0.2) is 0 Å². The molecule has 0 aromatic heterocycles. The van der Waals surface area contributed by atoms with Crippen molar-refractivity contribution < 1.29 is 23.9 Å². The summed E-state index contributed by atoms with van der Waals surface area (Å²) in [5, 5.41) is 0. The second-order valence-electron chi connectivity index (χ2n) is 9.48. The first-order valence-electron chi connectivity index (χ1n) is 10.8. The van der Waals surface area contributed by atoms with Gasteiger partial charge in [0, 0.05) is 19.1 Å². The van der Waals surface area contributed by atoms with Crippen molar-refractivity contribution in [3.05, 3.63) is 0 Å². The van der Waals surface area contributed by atoms with Crippen LogP contribution < -0.4 is 0 Å². The van der Waals surface area contributed by atoms with Crippen molar-refractivity contribution in [3.63, 3.8) is 0 Å².